The van der Waals surface area contributed by atoms with Crippen molar-refractivity contribution in [1.82, 2.24) is 4.98 Å². The van der Waals surface area contributed by atoms with E-state index >= 15 is 0 Å². The second-order valence-corrected chi connectivity index (χ2v) is 4.04. The van der Waals surface area contributed by atoms with Crippen LogP contribution in [0, 0.1) is 0 Å². The highest BCUT2D eigenvalue weighted by Gasteiger charge is 2.36. The van der Waals surface area contributed by atoms with E-state index in [1.54, 1.807) is 13.3 Å². The van der Waals surface area contributed by atoms with Crippen molar-refractivity contribution in [3.05, 3.63) is 18.3 Å². The molecule has 0 amide bonds. The topological polar surface area (TPSA) is 51.4 Å². The molecule has 1 aliphatic rings. The molecule has 0 bridgehead atoms. The molecule has 1 aromatic heterocycles. The lowest BCUT2D eigenvalue weighted by Gasteiger charge is -2.46. The van der Waals surface area contributed by atoms with Gasteiger partial charge in [0.25, 0.3) is 0 Å². The molecule has 0 radical (unpaired) electrons. The van der Waals surface area contributed by atoms with Crippen LogP contribution in [0.2, 0.25) is 0 Å². The van der Waals surface area contributed by atoms with Gasteiger partial charge in [-0.2, -0.15) is 0 Å². The number of pyridine rings is 1. The summed E-state index contributed by atoms with van der Waals surface area (Å²) in [6.45, 7) is 3.71. The van der Waals surface area contributed by atoms with Gasteiger partial charge < -0.3 is 15.4 Å². The van der Waals surface area contributed by atoms with E-state index in [9.17, 15) is 0 Å². The fourth-order valence-electron chi connectivity index (χ4n) is 1.75. The molecule has 0 atom stereocenters. The van der Waals surface area contributed by atoms with Crippen LogP contribution >= 0.6 is 0 Å². The molecule has 1 aromatic rings. The van der Waals surface area contributed by atoms with Gasteiger partial charge in [0.15, 0.2) is 11.6 Å². The molecule has 1 fully saturated rings. The minimum Gasteiger partial charge on any atom is -0.493 e. The maximum Gasteiger partial charge on any atom is 0.171 e. The van der Waals surface area contributed by atoms with Crippen LogP contribution in [0.3, 0.4) is 0 Å². The molecular formula is C10H15N3O. The Labute approximate surface area is 83.7 Å². The standard InChI is InChI=1S/C10H15N3O/c1-10(11)6-13(7-10)9-8(14-2)4-3-5-12-9/h3-5H,6-7,11H2,1-2H3. The van der Waals surface area contributed by atoms with Gasteiger partial charge in [-0.05, 0) is 19.1 Å². The molecule has 0 aromatic carbocycles. The molecule has 0 saturated carbocycles. The molecule has 0 unspecified atom stereocenters. The second-order valence-electron chi connectivity index (χ2n) is 4.04. The van der Waals surface area contributed by atoms with Crippen LogP contribution < -0.4 is 15.4 Å². The van der Waals surface area contributed by atoms with Crippen molar-refractivity contribution in [2.75, 3.05) is 25.1 Å². The third-order valence-electron chi connectivity index (χ3n) is 2.37. The number of hydrogen-bond acceptors (Lipinski definition) is 4. The highest BCUT2D eigenvalue weighted by atomic mass is 16.5. The van der Waals surface area contributed by atoms with E-state index in [2.05, 4.69) is 9.88 Å². The number of nitrogens with zero attached hydrogens (tertiary/aromatic N) is 2. The van der Waals surface area contributed by atoms with Crippen LogP contribution in [0.15, 0.2) is 18.3 Å². The number of hydrogen-bond donors (Lipinski definition) is 1. The van der Waals surface area contributed by atoms with E-state index in [0.717, 1.165) is 24.7 Å². The summed E-state index contributed by atoms with van der Waals surface area (Å²) < 4.78 is 5.23. The van der Waals surface area contributed by atoms with Crippen LogP contribution in [0.25, 0.3) is 0 Å². The molecule has 0 spiro atoms. The van der Waals surface area contributed by atoms with E-state index in [1.807, 2.05) is 19.1 Å². The van der Waals surface area contributed by atoms with Gasteiger partial charge in [-0.3, -0.25) is 0 Å². The van der Waals surface area contributed by atoms with Gasteiger partial charge in [-0.1, -0.05) is 0 Å². The second kappa shape index (κ2) is 3.13. The first-order valence-electron chi connectivity index (χ1n) is 4.65. The fraction of sp³-hybridized carbons (Fsp3) is 0.500. The fourth-order valence-corrected chi connectivity index (χ4v) is 1.75. The van der Waals surface area contributed by atoms with Crippen molar-refractivity contribution in [3.63, 3.8) is 0 Å². The van der Waals surface area contributed by atoms with Crippen molar-refractivity contribution >= 4 is 5.82 Å². The number of ether oxygens (including phenoxy) is 1. The van der Waals surface area contributed by atoms with Crippen molar-refractivity contribution in [2.24, 2.45) is 5.73 Å². The molecule has 1 aliphatic heterocycles. The Morgan fingerprint density at radius 2 is 2.29 bits per heavy atom. The highest BCUT2D eigenvalue weighted by molar-refractivity contribution is 5.55. The van der Waals surface area contributed by atoms with Gasteiger partial charge in [0.2, 0.25) is 0 Å². The zero-order chi connectivity index (χ0) is 10.2. The van der Waals surface area contributed by atoms with Crippen LogP contribution in [-0.2, 0) is 0 Å². The Bertz CT molecular complexity index is 330. The van der Waals surface area contributed by atoms with E-state index in [1.165, 1.54) is 0 Å². The SMILES string of the molecule is COc1cccnc1N1CC(C)(N)C1. The first-order chi connectivity index (χ1) is 6.62. The zero-order valence-electron chi connectivity index (χ0n) is 8.53. The van der Waals surface area contributed by atoms with Crippen LogP contribution in [0.5, 0.6) is 5.75 Å². The third-order valence-corrected chi connectivity index (χ3v) is 2.37. The number of nitrogens with two attached hydrogens (primary N) is 1. The minimum absolute atomic E-state index is 0.0808. The van der Waals surface area contributed by atoms with E-state index in [-0.39, 0.29) is 5.54 Å². The molecule has 76 valence electrons. The number of methoxy groups -OCH3 is 1. The number of rotatable bonds is 2. The van der Waals surface area contributed by atoms with Crippen LogP contribution in [0.4, 0.5) is 5.82 Å². The highest BCUT2D eigenvalue weighted by Crippen LogP contribution is 2.31. The summed E-state index contributed by atoms with van der Waals surface area (Å²) in [5.41, 5.74) is 5.85. The Balaban J connectivity index is 2.18. The summed E-state index contributed by atoms with van der Waals surface area (Å²) >= 11 is 0. The van der Waals surface area contributed by atoms with Gasteiger partial charge in [0.05, 0.1) is 7.11 Å². The summed E-state index contributed by atoms with van der Waals surface area (Å²) in [5, 5.41) is 0. The molecule has 4 heteroatoms. The van der Waals surface area contributed by atoms with E-state index in [0.29, 0.717) is 0 Å². The summed E-state index contributed by atoms with van der Waals surface area (Å²) in [4.78, 5) is 6.41. The smallest absolute Gasteiger partial charge is 0.171 e. The largest absolute Gasteiger partial charge is 0.493 e. The maximum atomic E-state index is 5.93. The Morgan fingerprint density at radius 1 is 1.57 bits per heavy atom. The third kappa shape index (κ3) is 1.53. The predicted molar refractivity (Wildman–Crippen MR) is 55.6 cm³/mol. The quantitative estimate of drug-likeness (QED) is 0.748. The van der Waals surface area contributed by atoms with Gasteiger partial charge in [0.1, 0.15) is 0 Å². The first kappa shape index (κ1) is 9.27. The predicted octanol–water partition coefficient (Wildman–Crippen LogP) is 0.628. The van der Waals surface area contributed by atoms with Crippen LogP contribution in [-0.4, -0.2) is 30.7 Å². The number of anilines is 1. The monoisotopic (exact) mass is 193 g/mol. The average molecular weight is 193 g/mol. The zero-order valence-corrected chi connectivity index (χ0v) is 8.53. The molecule has 4 nitrogen and oxygen atoms in total. The summed E-state index contributed by atoms with van der Waals surface area (Å²) in [6, 6.07) is 3.78. The maximum absolute atomic E-state index is 5.93. The van der Waals surface area contributed by atoms with Crippen molar-refractivity contribution < 1.29 is 4.74 Å². The van der Waals surface area contributed by atoms with Gasteiger partial charge in [0, 0.05) is 24.8 Å². The van der Waals surface area contributed by atoms with Crippen molar-refractivity contribution in [2.45, 2.75) is 12.5 Å². The normalized spacial score (nSPS) is 18.9. The Hall–Kier alpha value is -1.29. The molecular weight excluding hydrogens is 178 g/mol. The first-order valence-corrected chi connectivity index (χ1v) is 4.65. The van der Waals surface area contributed by atoms with Crippen molar-refractivity contribution in [3.8, 4) is 5.75 Å². The van der Waals surface area contributed by atoms with E-state index < -0.39 is 0 Å². The van der Waals surface area contributed by atoms with Crippen molar-refractivity contribution in [1.29, 1.82) is 0 Å². The lowest BCUT2D eigenvalue weighted by atomic mass is 9.94. The Kier molecular flexibility index (Phi) is 2.07. The van der Waals surface area contributed by atoms with Gasteiger partial charge >= 0.3 is 0 Å². The minimum atomic E-state index is -0.0808. The van der Waals surface area contributed by atoms with Gasteiger partial charge in [-0.25, -0.2) is 4.98 Å². The Morgan fingerprint density at radius 3 is 2.86 bits per heavy atom. The molecule has 2 N–H and O–H groups in total. The lowest BCUT2D eigenvalue weighted by molar-refractivity contribution is 0.352. The number of aromatic nitrogens is 1. The van der Waals surface area contributed by atoms with E-state index in [4.69, 9.17) is 10.5 Å². The average Bonchev–Trinajstić information content (AvgIpc) is 2.14. The molecule has 2 rings (SSSR count). The lowest BCUT2D eigenvalue weighted by Crippen LogP contribution is -2.65. The molecule has 14 heavy (non-hydrogen) atoms. The van der Waals surface area contributed by atoms with Gasteiger partial charge in [-0.15, -0.1) is 0 Å². The molecule has 1 saturated heterocycles. The van der Waals surface area contributed by atoms with Crippen LogP contribution in [0.1, 0.15) is 6.92 Å². The summed E-state index contributed by atoms with van der Waals surface area (Å²) in [7, 11) is 1.65. The molecule has 0 aliphatic carbocycles. The summed E-state index contributed by atoms with van der Waals surface area (Å²) in [5.74, 6) is 1.70. The molecule has 2 heterocycles. The summed E-state index contributed by atoms with van der Waals surface area (Å²) in [6.07, 6.45) is 1.77.